The number of aryl methyl sites for hydroxylation is 1. The molecule has 0 spiro atoms. The fourth-order valence-electron chi connectivity index (χ4n) is 4.96. The van der Waals surface area contributed by atoms with Crippen LogP contribution < -0.4 is 0 Å². The normalized spacial score (nSPS) is 13.1. The number of imidazole rings is 1. The lowest BCUT2D eigenvalue weighted by molar-refractivity contribution is 0.0990. The molecule has 1 aliphatic rings. The number of benzene rings is 4. The van der Waals surface area contributed by atoms with Crippen LogP contribution in [0.4, 0.5) is 0 Å². The number of allylic oxidation sites excluding steroid dienone is 1. The molecule has 37 heavy (non-hydrogen) atoms. The molecule has 0 radical (unpaired) electrons. The molecule has 0 saturated heterocycles. The molecule has 2 aromatic heterocycles. The number of carbonyl (C=O) groups is 2. The molecule has 2 heterocycles. The Kier molecular flexibility index (Phi) is 4.60. The van der Waals surface area contributed by atoms with E-state index in [1.807, 2.05) is 96.4 Å². The van der Waals surface area contributed by atoms with Crippen molar-refractivity contribution in [3.63, 3.8) is 0 Å². The van der Waals surface area contributed by atoms with Gasteiger partial charge < -0.3 is 4.42 Å². The second kappa shape index (κ2) is 8.00. The van der Waals surface area contributed by atoms with E-state index >= 15 is 0 Å². The number of hydrogen-bond acceptors (Lipinski definition) is 4. The van der Waals surface area contributed by atoms with E-state index in [1.54, 1.807) is 18.2 Å². The molecule has 0 unspecified atom stereocenters. The lowest BCUT2D eigenvalue weighted by Gasteiger charge is -2.06. The zero-order chi connectivity index (χ0) is 25.1. The topological polar surface area (TPSA) is 65.1 Å². The number of Topliss-reactive ketones (excluding diaryl/α,β-unsaturated/α-hetero) is 2. The monoisotopic (exact) mass is 480 g/mol. The molecule has 176 valence electrons. The number of aromatic nitrogens is 2. The second-order valence-electron chi connectivity index (χ2n) is 9.27. The van der Waals surface area contributed by atoms with Crippen LogP contribution in [0.15, 0.2) is 107 Å². The van der Waals surface area contributed by atoms with Crippen molar-refractivity contribution < 1.29 is 14.0 Å². The molecule has 7 rings (SSSR count). The minimum Gasteiger partial charge on any atom is -0.436 e. The molecule has 0 bridgehead atoms. The van der Waals surface area contributed by atoms with Gasteiger partial charge >= 0.3 is 0 Å². The lowest BCUT2D eigenvalue weighted by Crippen LogP contribution is -2.03. The smallest absolute Gasteiger partial charge is 0.246 e. The quantitative estimate of drug-likeness (QED) is 0.198. The van der Waals surface area contributed by atoms with Gasteiger partial charge in [0, 0.05) is 28.4 Å². The van der Waals surface area contributed by atoms with Crippen LogP contribution >= 0.6 is 0 Å². The van der Waals surface area contributed by atoms with Crippen LogP contribution in [0.3, 0.4) is 0 Å². The van der Waals surface area contributed by atoms with Crippen molar-refractivity contribution in [1.29, 1.82) is 0 Å². The molecule has 4 aromatic carbocycles. The van der Waals surface area contributed by atoms with Gasteiger partial charge in [0.2, 0.25) is 5.71 Å². The summed E-state index contributed by atoms with van der Waals surface area (Å²) < 4.78 is 8.06. The summed E-state index contributed by atoms with van der Waals surface area (Å²) >= 11 is 0. The van der Waals surface area contributed by atoms with Gasteiger partial charge in [0.1, 0.15) is 17.1 Å². The molecule has 0 saturated carbocycles. The minimum absolute atomic E-state index is 0.105. The fourth-order valence-corrected chi connectivity index (χ4v) is 4.96. The first-order chi connectivity index (χ1) is 18.1. The van der Waals surface area contributed by atoms with E-state index in [4.69, 9.17) is 9.40 Å². The molecule has 0 N–H and O–H groups in total. The zero-order valence-corrected chi connectivity index (χ0v) is 19.9. The Morgan fingerprint density at radius 1 is 0.757 bits per heavy atom. The van der Waals surface area contributed by atoms with Crippen LogP contribution in [0.25, 0.3) is 45.1 Å². The number of ketones is 2. The van der Waals surface area contributed by atoms with Crippen molar-refractivity contribution in [2.24, 2.45) is 0 Å². The molecular weight excluding hydrogens is 460 g/mol. The number of para-hydroxylation sites is 1. The summed E-state index contributed by atoms with van der Waals surface area (Å²) in [4.78, 5) is 31.5. The average molecular weight is 481 g/mol. The van der Waals surface area contributed by atoms with Crippen LogP contribution in [-0.4, -0.2) is 21.1 Å². The number of furan rings is 1. The van der Waals surface area contributed by atoms with Crippen LogP contribution in [-0.2, 0) is 0 Å². The highest BCUT2D eigenvalue weighted by Gasteiger charge is 2.34. The van der Waals surface area contributed by atoms with Crippen LogP contribution in [0.5, 0.6) is 0 Å². The van der Waals surface area contributed by atoms with E-state index < -0.39 is 0 Å². The van der Waals surface area contributed by atoms with E-state index in [0.29, 0.717) is 28.4 Å². The van der Waals surface area contributed by atoms with Crippen molar-refractivity contribution in [3.8, 4) is 17.0 Å². The van der Waals surface area contributed by atoms with Gasteiger partial charge in [-0.3, -0.25) is 14.2 Å². The van der Waals surface area contributed by atoms with Crippen LogP contribution in [0.1, 0.15) is 32.1 Å². The second-order valence-corrected chi connectivity index (χ2v) is 9.27. The summed E-state index contributed by atoms with van der Waals surface area (Å²) in [6.07, 6.45) is 1.59. The molecule has 0 atom stereocenters. The van der Waals surface area contributed by atoms with Crippen molar-refractivity contribution in [3.05, 3.63) is 125 Å². The molecule has 1 aliphatic carbocycles. The van der Waals surface area contributed by atoms with Crippen molar-refractivity contribution >= 4 is 39.6 Å². The van der Waals surface area contributed by atoms with Crippen LogP contribution in [0, 0.1) is 6.92 Å². The largest absolute Gasteiger partial charge is 0.436 e. The van der Waals surface area contributed by atoms with Gasteiger partial charge in [-0.25, -0.2) is 0 Å². The van der Waals surface area contributed by atoms with E-state index in [-0.39, 0.29) is 17.1 Å². The predicted molar refractivity (Wildman–Crippen MR) is 144 cm³/mol. The summed E-state index contributed by atoms with van der Waals surface area (Å²) in [6, 6.07) is 31.1. The minimum atomic E-state index is -0.287. The Bertz CT molecular complexity index is 1850. The van der Waals surface area contributed by atoms with Gasteiger partial charge in [0.15, 0.2) is 11.6 Å². The number of carbonyl (C=O) groups excluding carboxylic acids is 2. The van der Waals surface area contributed by atoms with E-state index in [1.165, 1.54) is 5.56 Å². The first kappa shape index (κ1) is 21.3. The molecule has 0 fully saturated rings. The van der Waals surface area contributed by atoms with Crippen molar-refractivity contribution in [2.75, 3.05) is 0 Å². The van der Waals surface area contributed by atoms with Gasteiger partial charge in [-0.2, -0.15) is 4.98 Å². The maximum absolute atomic E-state index is 13.4. The number of hydrogen-bond donors (Lipinski definition) is 0. The number of rotatable bonds is 3. The fraction of sp³-hybridized carbons (Fsp3) is 0.0312. The maximum atomic E-state index is 13.4. The van der Waals surface area contributed by atoms with Gasteiger partial charge in [-0.15, -0.1) is 0 Å². The van der Waals surface area contributed by atoms with E-state index in [9.17, 15) is 9.59 Å². The van der Waals surface area contributed by atoms with Crippen molar-refractivity contribution in [2.45, 2.75) is 6.92 Å². The highest BCUT2D eigenvalue weighted by Crippen LogP contribution is 2.34. The van der Waals surface area contributed by atoms with E-state index in [2.05, 4.69) is 0 Å². The highest BCUT2D eigenvalue weighted by atomic mass is 16.3. The number of nitrogens with zero attached hydrogens (tertiary/aromatic N) is 2. The Balaban J connectivity index is 1.39. The summed E-state index contributed by atoms with van der Waals surface area (Å²) in [5, 5.41) is 1.85. The van der Waals surface area contributed by atoms with Gasteiger partial charge in [-0.05, 0) is 48.0 Å². The van der Waals surface area contributed by atoms with Gasteiger partial charge in [0.25, 0.3) is 0 Å². The van der Waals surface area contributed by atoms with Gasteiger partial charge in [0.05, 0.1) is 5.57 Å². The summed E-state index contributed by atoms with van der Waals surface area (Å²) in [5.74, 6) is 0.591. The summed E-state index contributed by atoms with van der Waals surface area (Å²) in [6.45, 7) is 2.04. The van der Waals surface area contributed by atoms with Gasteiger partial charge in [-0.1, -0.05) is 72.3 Å². The maximum Gasteiger partial charge on any atom is 0.246 e. The van der Waals surface area contributed by atoms with Crippen molar-refractivity contribution in [1.82, 2.24) is 9.55 Å². The molecule has 6 aromatic rings. The average Bonchev–Trinajstić information content (AvgIpc) is 3.55. The third-order valence-corrected chi connectivity index (χ3v) is 6.87. The van der Waals surface area contributed by atoms with E-state index in [0.717, 1.165) is 27.5 Å². The molecule has 0 amide bonds. The standard InChI is InChI=1S/C32H20N2O3/c1-19-11-13-20(14-12-19)28-18-27-32(37-28)33-29(34(27)23-9-3-2-4-10-23)17-26-30(35)24-15-21-7-5-6-8-22(21)16-25(24)31(26)36/h2-18H,1H3. The Labute approximate surface area is 212 Å². The summed E-state index contributed by atoms with van der Waals surface area (Å²) in [5.41, 5.74) is 5.13. The molecular formula is C32H20N2O3. The SMILES string of the molecule is Cc1ccc(-c2cc3c(nc(C=C4C(=O)c5cc6ccccc6cc5C4=O)n3-c3ccccc3)o2)cc1. The Hall–Kier alpha value is -5.03. The third kappa shape index (κ3) is 3.36. The zero-order valence-electron chi connectivity index (χ0n) is 19.9. The number of fused-ring (bicyclic) bond motifs is 3. The first-order valence-corrected chi connectivity index (χ1v) is 12.1. The molecule has 0 aliphatic heterocycles. The molecule has 5 nitrogen and oxygen atoms in total. The highest BCUT2D eigenvalue weighted by molar-refractivity contribution is 6.42. The third-order valence-electron chi connectivity index (χ3n) is 6.87. The lowest BCUT2D eigenvalue weighted by atomic mass is 10.0. The predicted octanol–water partition coefficient (Wildman–Crippen LogP) is 7.21. The molecule has 5 heteroatoms. The Morgan fingerprint density at radius 2 is 1.38 bits per heavy atom. The van der Waals surface area contributed by atoms with Crippen LogP contribution in [0.2, 0.25) is 0 Å². The Morgan fingerprint density at radius 3 is 2.03 bits per heavy atom. The first-order valence-electron chi connectivity index (χ1n) is 12.1. The summed E-state index contributed by atoms with van der Waals surface area (Å²) in [7, 11) is 0.